The summed E-state index contributed by atoms with van der Waals surface area (Å²) < 4.78 is 0. The fraction of sp³-hybridized carbons (Fsp3) is 0. The minimum Gasteiger partial charge on any atom is -2.00 e. The average molecular weight is 844 g/mol. The van der Waals surface area contributed by atoms with Crippen LogP contribution in [-0.4, -0.2) is 0 Å². The molecule has 6 heavy (non-hydrogen) atoms. The Balaban J connectivity index is 0. The van der Waals surface area contributed by atoms with E-state index < -0.39 is 0 Å². The summed E-state index contributed by atoms with van der Waals surface area (Å²) in [6.07, 6.45) is 0. The summed E-state index contributed by atoms with van der Waals surface area (Å²) in [6.45, 7) is 0. The smallest absolute Gasteiger partial charge is 1.00 e. The van der Waals surface area contributed by atoms with E-state index in [9.17, 15) is 0 Å². The molecule has 0 rings (SSSR count). The first-order chi connectivity index (χ1) is 0. The van der Waals surface area contributed by atoms with Gasteiger partial charge in [0, 0.05) is 0 Å². The molecule has 0 amide bonds. The van der Waals surface area contributed by atoms with Gasteiger partial charge in [0.05, 0.1) is 0 Å². The maximum absolute atomic E-state index is 0. The van der Waals surface area contributed by atoms with E-state index >= 15 is 0 Å². The van der Waals surface area contributed by atoms with Gasteiger partial charge in [-0.2, -0.15) is 0 Å². The van der Waals surface area contributed by atoms with Crippen LogP contribution in [0.4, 0.5) is 0 Å². The fourth-order valence-electron chi connectivity index (χ4n) is 0. The predicted octanol–water partition coefficient (Wildman–Crippen LogP) is -0.0148. The summed E-state index contributed by atoms with van der Waals surface area (Å²) in [6, 6.07) is 0. The van der Waals surface area contributed by atoms with E-state index in [2.05, 4.69) is 0 Å². The number of hydrogen-bond acceptors (Lipinski definition) is 0. The molecule has 0 unspecified atom stereocenters. The van der Waals surface area contributed by atoms with Gasteiger partial charge in [0.15, 0.2) is 0 Å². The van der Waals surface area contributed by atoms with E-state index in [0.29, 0.717) is 0 Å². The summed E-state index contributed by atoms with van der Waals surface area (Å²) in [5, 5.41) is 0. The van der Waals surface area contributed by atoms with Crippen molar-refractivity contribution in [1.29, 1.82) is 0 Å². The van der Waals surface area contributed by atoms with Crippen molar-refractivity contribution in [3.63, 3.8) is 0 Å². The van der Waals surface area contributed by atoms with Crippen molar-refractivity contribution in [1.82, 2.24) is 0 Å². The molecule has 0 aromatic carbocycles. The van der Waals surface area contributed by atoms with Gasteiger partial charge in [0.25, 0.3) is 0 Å². The summed E-state index contributed by atoms with van der Waals surface area (Å²) in [7, 11) is 0. The van der Waals surface area contributed by atoms with Crippen LogP contribution in [0.15, 0.2) is 0 Å². The molecule has 0 aliphatic heterocycles. The molecule has 0 N–H and O–H groups in total. The van der Waals surface area contributed by atoms with Crippen LogP contribution in [0, 0.1) is 0 Å². The Morgan fingerprint density at radius 2 is 0.333 bits per heavy atom. The first kappa shape index (κ1) is 56.6. The molecule has 6 heteroatoms. The Morgan fingerprint density at radius 1 is 0.333 bits per heavy atom. The first-order valence-corrected chi connectivity index (χ1v) is 0. The molecule has 0 aromatic rings. The Bertz CT molecular complexity index is 5.51. The van der Waals surface area contributed by atoms with Gasteiger partial charge < -0.3 is 27.0 Å². The van der Waals surface area contributed by atoms with Crippen LogP contribution in [0.25, 0.3) is 0 Å². The van der Waals surface area contributed by atoms with Gasteiger partial charge in [-0.05, 0) is 0 Å². The quantitative estimate of drug-likeness (QED) is 0.323. The van der Waals surface area contributed by atoms with Crippen LogP contribution in [0.2, 0.25) is 0 Å². The fourth-order valence-corrected chi connectivity index (χ4v) is 0. The van der Waals surface area contributed by atoms with E-state index in [-0.39, 0.29) is 111 Å². The van der Waals surface area contributed by atoms with Crippen molar-refractivity contribution in [2.24, 2.45) is 0 Å². The van der Waals surface area contributed by atoms with Crippen molar-refractivity contribution < 1.29 is 84.3 Å². The van der Waals surface area contributed by atoms with Crippen molar-refractivity contribution in [2.45, 2.75) is 0 Å². The molecule has 0 aliphatic rings. The zero-order chi connectivity index (χ0) is 0. The van der Waals surface area contributed by atoms with Gasteiger partial charge in [-0.3, -0.25) is 0 Å². The third-order valence-corrected chi connectivity index (χ3v) is 0. The molecule has 0 bridgehead atoms. The van der Waals surface area contributed by atoms with Gasteiger partial charge in [-0.15, -0.1) is 0 Å². The Morgan fingerprint density at radius 3 is 0.333 bits per heavy atom. The van der Waals surface area contributed by atoms with Crippen molar-refractivity contribution in [3.05, 3.63) is 0 Å². The minimum atomic E-state index is 0. The van der Waals surface area contributed by atoms with Crippen LogP contribution in [0.5, 0.6) is 0 Å². The van der Waals surface area contributed by atoms with Gasteiger partial charge in [-0.1, -0.05) is 0 Å². The molecule has 0 spiro atoms. The number of hydrogen-bond donors (Lipinski definition) is 0. The van der Waals surface area contributed by atoms with Crippen molar-refractivity contribution in [3.8, 4) is 0 Å². The zero-order valence-corrected chi connectivity index (χ0v) is 12.8. The Labute approximate surface area is 109 Å². The van der Waals surface area contributed by atoms with E-state index in [4.69, 9.17) is 0 Å². The van der Waals surface area contributed by atoms with Crippen LogP contribution in [0.3, 0.4) is 0 Å². The van der Waals surface area contributed by atoms with Gasteiger partial charge in [0.1, 0.15) is 0 Å². The summed E-state index contributed by atoms with van der Waals surface area (Å²) in [5.41, 5.74) is 0. The molecular formula is Pt4S2. The molecule has 0 fully saturated rings. The maximum Gasteiger partial charge on any atom is 1.00 e. The standard InChI is InChI=1S/4Pt.2S/q4*+1;2*-2. The van der Waals surface area contributed by atoms with Crippen LogP contribution in [0.1, 0.15) is 0 Å². The van der Waals surface area contributed by atoms with Crippen LogP contribution in [-0.2, 0) is 111 Å². The predicted molar refractivity (Wildman–Crippen MR) is 14.7 cm³/mol. The largest absolute Gasteiger partial charge is 2.00 e. The monoisotopic (exact) mass is 844 g/mol. The molecule has 0 atom stereocenters. The van der Waals surface area contributed by atoms with E-state index in [0.717, 1.165) is 0 Å². The zero-order valence-electron chi connectivity index (χ0n) is 2.08. The van der Waals surface area contributed by atoms with Crippen LogP contribution >= 0.6 is 0 Å². The first-order valence-electron chi connectivity index (χ1n) is 0. The normalized spacial score (nSPS) is 0. The molecule has 52 valence electrons. The average Bonchev–Trinajstić information content (AvgIpc) is 0. The van der Waals surface area contributed by atoms with Gasteiger partial charge >= 0.3 is 84.3 Å². The molecule has 0 aromatic heterocycles. The summed E-state index contributed by atoms with van der Waals surface area (Å²) in [5.74, 6) is 0. The third-order valence-electron chi connectivity index (χ3n) is 0. The summed E-state index contributed by atoms with van der Waals surface area (Å²) in [4.78, 5) is 0. The molecule has 0 nitrogen and oxygen atoms in total. The second kappa shape index (κ2) is 39.4. The van der Waals surface area contributed by atoms with E-state index in [1.807, 2.05) is 0 Å². The summed E-state index contributed by atoms with van der Waals surface area (Å²) >= 11 is 0. The SMILES string of the molecule is [Pt+].[Pt+].[Pt+].[Pt+].[S-2].[S-2]. The topological polar surface area (TPSA) is 0 Å². The van der Waals surface area contributed by atoms with Crippen molar-refractivity contribution in [2.75, 3.05) is 0 Å². The molecule has 0 saturated carbocycles. The van der Waals surface area contributed by atoms with Gasteiger partial charge in [0.2, 0.25) is 0 Å². The van der Waals surface area contributed by atoms with Crippen LogP contribution < -0.4 is 0 Å². The van der Waals surface area contributed by atoms with E-state index in [1.165, 1.54) is 0 Å². The third kappa shape index (κ3) is 26.0. The molecule has 0 aliphatic carbocycles. The molecular weight excluding hydrogens is 844 g/mol. The Hall–Kier alpha value is 3.45. The molecule has 0 heterocycles. The second-order valence-electron chi connectivity index (χ2n) is 0. The molecule has 0 saturated heterocycles. The Kier molecular flexibility index (Phi) is 372. The maximum atomic E-state index is 0. The second-order valence-corrected chi connectivity index (χ2v) is 0. The number of rotatable bonds is 0. The van der Waals surface area contributed by atoms with E-state index in [1.54, 1.807) is 0 Å². The molecule has 4 radical (unpaired) electrons. The van der Waals surface area contributed by atoms with Crippen molar-refractivity contribution >= 4 is 27.0 Å². The van der Waals surface area contributed by atoms with Gasteiger partial charge in [-0.25, -0.2) is 0 Å². The minimum absolute atomic E-state index is 0.